The predicted octanol–water partition coefficient (Wildman–Crippen LogP) is 4.02. The van der Waals surface area contributed by atoms with Crippen molar-refractivity contribution in [2.45, 2.75) is 32.7 Å². The third kappa shape index (κ3) is 4.72. The smallest absolute Gasteiger partial charge is 0.348 e. The average molecular weight is 403 g/mol. The van der Waals surface area contributed by atoms with E-state index in [1.165, 1.54) is 16.9 Å². The summed E-state index contributed by atoms with van der Waals surface area (Å²) in [7, 11) is 1.65. The van der Waals surface area contributed by atoms with E-state index in [1.54, 1.807) is 14.0 Å². The Morgan fingerprint density at radius 2 is 2.04 bits per heavy atom. The molecule has 28 heavy (non-hydrogen) atoms. The number of anilines is 1. The Kier molecular flexibility index (Phi) is 6.70. The number of amides is 1. The van der Waals surface area contributed by atoms with Gasteiger partial charge in [-0.15, -0.1) is 11.3 Å². The van der Waals surface area contributed by atoms with E-state index < -0.39 is 0 Å². The van der Waals surface area contributed by atoms with E-state index >= 15 is 0 Å². The number of nitrogens with zero attached hydrogens (tertiary/aromatic N) is 1. The maximum Gasteiger partial charge on any atom is 0.348 e. The van der Waals surface area contributed by atoms with E-state index in [2.05, 4.69) is 22.3 Å². The number of hydrogen-bond donors (Lipinski definition) is 1. The van der Waals surface area contributed by atoms with Gasteiger partial charge in [0.2, 0.25) is 5.91 Å². The van der Waals surface area contributed by atoms with Crippen LogP contribution in [-0.4, -0.2) is 43.6 Å². The lowest BCUT2D eigenvalue weighted by Crippen LogP contribution is -2.32. The van der Waals surface area contributed by atoms with Gasteiger partial charge < -0.3 is 14.8 Å². The Morgan fingerprint density at radius 3 is 2.71 bits per heavy atom. The van der Waals surface area contributed by atoms with Crippen molar-refractivity contribution in [3.05, 3.63) is 46.3 Å². The zero-order valence-corrected chi connectivity index (χ0v) is 17.3. The molecule has 7 heteroatoms. The first kappa shape index (κ1) is 20.4. The van der Waals surface area contributed by atoms with Crippen LogP contribution in [0.15, 0.2) is 30.3 Å². The Hall–Kier alpha value is -2.38. The molecule has 1 atom stereocenters. The van der Waals surface area contributed by atoms with Crippen LogP contribution in [0.1, 0.15) is 46.6 Å². The monoisotopic (exact) mass is 402 g/mol. The third-order valence-electron chi connectivity index (χ3n) is 4.85. The molecule has 1 fully saturated rings. The van der Waals surface area contributed by atoms with Crippen LogP contribution in [0, 0.1) is 6.92 Å². The number of benzene rings is 1. The van der Waals surface area contributed by atoms with Crippen LogP contribution < -0.4 is 10.1 Å². The van der Waals surface area contributed by atoms with Crippen LogP contribution >= 0.6 is 11.3 Å². The van der Waals surface area contributed by atoms with Crippen LogP contribution in [0.25, 0.3) is 0 Å². The predicted molar refractivity (Wildman–Crippen MR) is 110 cm³/mol. The molecule has 1 aliphatic rings. The van der Waals surface area contributed by atoms with Gasteiger partial charge in [-0.1, -0.05) is 12.1 Å². The molecule has 0 spiro atoms. The Morgan fingerprint density at radius 1 is 1.29 bits per heavy atom. The zero-order chi connectivity index (χ0) is 20.1. The minimum absolute atomic E-state index is 0.0722. The lowest BCUT2D eigenvalue weighted by molar-refractivity contribution is -0.117. The fourth-order valence-corrected chi connectivity index (χ4v) is 4.51. The molecular weight excluding hydrogens is 376 g/mol. The van der Waals surface area contributed by atoms with Crippen LogP contribution in [0.2, 0.25) is 0 Å². The largest absolute Gasteiger partial charge is 0.497 e. The van der Waals surface area contributed by atoms with E-state index in [-0.39, 0.29) is 17.9 Å². The van der Waals surface area contributed by atoms with E-state index in [9.17, 15) is 9.59 Å². The second kappa shape index (κ2) is 9.21. The number of nitrogens with one attached hydrogen (secondary N) is 1. The number of esters is 1. The highest BCUT2D eigenvalue weighted by molar-refractivity contribution is 7.18. The van der Waals surface area contributed by atoms with Gasteiger partial charge in [0, 0.05) is 6.04 Å². The SMILES string of the molecule is CCOC(=O)c1sc(NC(=O)CN2CCCC2c2ccc(OC)cc2)cc1C. The third-order valence-corrected chi connectivity index (χ3v) is 5.98. The molecular formula is C21H26N2O4S. The minimum Gasteiger partial charge on any atom is -0.497 e. The van der Waals surface area contributed by atoms with E-state index in [0.717, 1.165) is 30.7 Å². The number of rotatable bonds is 7. The van der Waals surface area contributed by atoms with Crippen molar-refractivity contribution in [2.75, 3.05) is 32.1 Å². The highest BCUT2D eigenvalue weighted by Gasteiger charge is 2.28. The van der Waals surface area contributed by atoms with Crippen LogP contribution in [0.3, 0.4) is 0 Å². The fraction of sp³-hybridized carbons (Fsp3) is 0.429. The number of likely N-dealkylation sites (tertiary alicyclic amines) is 1. The zero-order valence-electron chi connectivity index (χ0n) is 16.5. The summed E-state index contributed by atoms with van der Waals surface area (Å²) in [6.45, 7) is 5.17. The highest BCUT2D eigenvalue weighted by atomic mass is 32.1. The van der Waals surface area contributed by atoms with Crippen LogP contribution in [0.5, 0.6) is 5.75 Å². The summed E-state index contributed by atoms with van der Waals surface area (Å²) in [6, 6.07) is 10.1. The van der Waals surface area contributed by atoms with E-state index in [0.29, 0.717) is 23.0 Å². The first-order chi connectivity index (χ1) is 13.5. The van der Waals surface area contributed by atoms with Gasteiger partial charge in [0.15, 0.2) is 0 Å². The van der Waals surface area contributed by atoms with Crippen LogP contribution in [0.4, 0.5) is 5.00 Å². The second-order valence-corrected chi connectivity index (χ2v) is 7.85. The topological polar surface area (TPSA) is 67.9 Å². The van der Waals surface area contributed by atoms with Crippen molar-refractivity contribution in [3.63, 3.8) is 0 Å². The molecule has 0 bridgehead atoms. The maximum absolute atomic E-state index is 12.6. The summed E-state index contributed by atoms with van der Waals surface area (Å²) in [4.78, 5) is 27.3. The molecule has 2 aromatic rings. The number of carbonyl (C=O) groups is 2. The first-order valence-corrected chi connectivity index (χ1v) is 10.3. The quantitative estimate of drug-likeness (QED) is 0.709. The molecule has 2 heterocycles. The molecule has 0 radical (unpaired) electrons. The fourth-order valence-electron chi connectivity index (χ4n) is 3.52. The summed E-state index contributed by atoms with van der Waals surface area (Å²) >= 11 is 1.26. The lowest BCUT2D eigenvalue weighted by atomic mass is 10.0. The molecule has 3 rings (SSSR count). The highest BCUT2D eigenvalue weighted by Crippen LogP contribution is 2.33. The van der Waals surface area contributed by atoms with Crippen molar-refractivity contribution in [1.82, 2.24) is 4.90 Å². The second-order valence-electron chi connectivity index (χ2n) is 6.79. The van der Waals surface area contributed by atoms with Gasteiger partial charge in [0.1, 0.15) is 10.6 Å². The van der Waals surface area contributed by atoms with Gasteiger partial charge in [0.25, 0.3) is 0 Å². The molecule has 1 aliphatic heterocycles. The summed E-state index contributed by atoms with van der Waals surface area (Å²) in [5.41, 5.74) is 2.01. The van der Waals surface area contributed by atoms with Crippen molar-refractivity contribution in [1.29, 1.82) is 0 Å². The van der Waals surface area contributed by atoms with Crippen LogP contribution in [-0.2, 0) is 9.53 Å². The molecule has 6 nitrogen and oxygen atoms in total. The molecule has 0 aliphatic carbocycles. The number of thiophene rings is 1. The van der Waals surface area contributed by atoms with Crippen molar-refractivity contribution in [2.24, 2.45) is 0 Å². The van der Waals surface area contributed by atoms with Crippen molar-refractivity contribution >= 4 is 28.2 Å². The lowest BCUT2D eigenvalue weighted by Gasteiger charge is -2.24. The van der Waals surface area contributed by atoms with Gasteiger partial charge in [-0.2, -0.15) is 0 Å². The van der Waals surface area contributed by atoms with E-state index in [4.69, 9.17) is 9.47 Å². The summed E-state index contributed by atoms with van der Waals surface area (Å²) in [5, 5.41) is 3.60. The normalized spacial score (nSPS) is 16.8. The molecule has 1 N–H and O–H groups in total. The molecule has 150 valence electrons. The Labute approximate surface area is 169 Å². The Bertz CT molecular complexity index is 831. The number of hydrogen-bond acceptors (Lipinski definition) is 6. The van der Waals surface area contributed by atoms with Gasteiger partial charge in [-0.05, 0) is 62.6 Å². The maximum atomic E-state index is 12.6. The molecule has 1 saturated heterocycles. The molecule has 1 aromatic carbocycles. The minimum atomic E-state index is -0.343. The van der Waals surface area contributed by atoms with E-state index in [1.807, 2.05) is 25.1 Å². The summed E-state index contributed by atoms with van der Waals surface area (Å²) in [6.07, 6.45) is 2.10. The standard InChI is InChI=1S/C21H26N2O4S/c1-4-27-21(25)20-14(2)12-19(28-20)22-18(24)13-23-11-5-6-17(23)15-7-9-16(26-3)10-8-15/h7-10,12,17H,4-6,11,13H2,1-3H3,(H,22,24). The molecule has 1 aromatic heterocycles. The average Bonchev–Trinajstić information content (AvgIpc) is 3.28. The van der Waals surface area contributed by atoms with Crippen molar-refractivity contribution in [3.8, 4) is 5.75 Å². The van der Waals surface area contributed by atoms with Gasteiger partial charge in [-0.25, -0.2) is 4.79 Å². The number of aryl methyl sites for hydroxylation is 1. The van der Waals surface area contributed by atoms with Gasteiger partial charge in [-0.3, -0.25) is 9.69 Å². The summed E-state index contributed by atoms with van der Waals surface area (Å²) in [5.74, 6) is 0.415. The molecule has 1 unspecified atom stereocenters. The molecule has 0 saturated carbocycles. The number of carbonyl (C=O) groups excluding carboxylic acids is 2. The van der Waals surface area contributed by atoms with Gasteiger partial charge in [0.05, 0.1) is 25.3 Å². The number of ether oxygens (including phenoxy) is 2. The summed E-state index contributed by atoms with van der Waals surface area (Å²) < 4.78 is 10.3. The Balaban J connectivity index is 1.62. The molecule has 1 amide bonds. The van der Waals surface area contributed by atoms with Gasteiger partial charge >= 0.3 is 5.97 Å². The van der Waals surface area contributed by atoms with Crippen molar-refractivity contribution < 1.29 is 19.1 Å². The number of methoxy groups -OCH3 is 1. The first-order valence-electron chi connectivity index (χ1n) is 9.47.